The fourth-order valence-electron chi connectivity index (χ4n) is 2.32. The average molecular weight is 245 g/mol. The molecule has 0 amide bonds. The third-order valence-corrected chi connectivity index (χ3v) is 3.31. The topological polar surface area (TPSA) is 40.5 Å². The zero-order valence-corrected chi connectivity index (χ0v) is 10.5. The molecule has 3 heteroatoms. The van der Waals surface area contributed by atoms with Gasteiger partial charge >= 0.3 is 5.97 Å². The minimum atomic E-state index is -0.760. The van der Waals surface area contributed by atoms with Gasteiger partial charge in [-0.1, -0.05) is 48.9 Å². The number of carboxylic acids is 1. The van der Waals surface area contributed by atoms with Gasteiger partial charge in [0.1, 0.15) is 6.04 Å². The Balaban J connectivity index is 2.06. The first-order valence-corrected chi connectivity index (χ1v) is 6.47. The molecule has 0 bridgehead atoms. The highest BCUT2D eigenvalue weighted by atomic mass is 16.4. The molecule has 0 saturated carbocycles. The number of hydrogen-bond acceptors (Lipinski definition) is 2. The van der Waals surface area contributed by atoms with Crippen molar-refractivity contribution in [2.24, 2.45) is 0 Å². The van der Waals surface area contributed by atoms with E-state index in [1.165, 1.54) is 6.42 Å². The van der Waals surface area contributed by atoms with Crippen molar-refractivity contribution >= 4 is 12.0 Å². The van der Waals surface area contributed by atoms with E-state index in [2.05, 4.69) is 0 Å². The quantitative estimate of drug-likeness (QED) is 0.886. The summed E-state index contributed by atoms with van der Waals surface area (Å²) in [6.45, 7) is 1.77. The Bertz CT molecular complexity index is 408. The molecular formula is C15H19NO2. The van der Waals surface area contributed by atoms with Crippen LogP contribution in [0.2, 0.25) is 0 Å². The Kier molecular flexibility index (Phi) is 4.53. The molecule has 1 fully saturated rings. The molecule has 1 aliphatic rings. The third kappa shape index (κ3) is 3.44. The molecule has 0 radical (unpaired) electrons. The van der Waals surface area contributed by atoms with Gasteiger partial charge in [-0.2, -0.15) is 0 Å². The molecule has 1 aromatic rings. The van der Waals surface area contributed by atoms with Crippen LogP contribution >= 0.6 is 0 Å². The van der Waals surface area contributed by atoms with E-state index in [0.717, 1.165) is 31.5 Å². The van der Waals surface area contributed by atoms with Crippen molar-refractivity contribution in [2.75, 3.05) is 13.1 Å². The highest BCUT2D eigenvalue weighted by Gasteiger charge is 2.23. The Morgan fingerprint density at radius 2 is 1.83 bits per heavy atom. The molecule has 1 unspecified atom stereocenters. The fraction of sp³-hybridized carbons (Fsp3) is 0.400. The lowest BCUT2D eigenvalue weighted by molar-refractivity contribution is -0.141. The minimum absolute atomic E-state index is 0.495. The first-order valence-electron chi connectivity index (χ1n) is 6.47. The molecule has 18 heavy (non-hydrogen) atoms. The third-order valence-electron chi connectivity index (χ3n) is 3.31. The Morgan fingerprint density at radius 1 is 1.17 bits per heavy atom. The van der Waals surface area contributed by atoms with E-state index >= 15 is 0 Å². The molecular weight excluding hydrogens is 226 g/mol. The van der Waals surface area contributed by atoms with Crippen molar-refractivity contribution in [1.82, 2.24) is 4.90 Å². The first kappa shape index (κ1) is 12.8. The summed E-state index contributed by atoms with van der Waals surface area (Å²) in [4.78, 5) is 13.4. The highest BCUT2D eigenvalue weighted by Crippen LogP contribution is 2.14. The van der Waals surface area contributed by atoms with Gasteiger partial charge in [0.25, 0.3) is 0 Å². The van der Waals surface area contributed by atoms with Crippen LogP contribution in [0.3, 0.4) is 0 Å². The van der Waals surface area contributed by atoms with Gasteiger partial charge in [-0.25, -0.2) is 0 Å². The summed E-state index contributed by atoms with van der Waals surface area (Å²) in [5, 5.41) is 9.31. The standard InChI is InChI=1S/C15H19NO2/c17-15(18)14(16-11-5-2-6-12-16)10-9-13-7-3-1-4-8-13/h1,3-4,7-10,14H,2,5-6,11-12H2,(H,17,18)/b10-9+. The molecule has 1 N–H and O–H groups in total. The number of carboxylic acid groups (broad SMARTS) is 1. The molecule has 1 aliphatic heterocycles. The number of likely N-dealkylation sites (tertiary alicyclic amines) is 1. The second-order valence-corrected chi connectivity index (χ2v) is 4.65. The van der Waals surface area contributed by atoms with Crippen molar-refractivity contribution in [3.05, 3.63) is 42.0 Å². The van der Waals surface area contributed by atoms with Crippen molar-refractivity contribution in [3.8, 4) is 0 Å². The Hall–Kier alpha value is -1.61. The van der Waals surface area contributed by atoms with E-state index in [4.69, 9.17) is 0 Å². The summed E-state index contributed by atoms with van der Waals surface area (Å²) < 4.78 is 0. The second kappa shape index (κ2) is 6.36. The zero-order chi connectivity index (χ0) is 12.8. The van der Waals surface area contributed by atoms with Crippen LogP contribution in [0.15, 0.2) is 36.4 Å². The van der Waals surface area contributed by atoms with Gasteiger partial charge in [-0.3, -0.25) is 9.69 Å². The smallest absolute Gasteiger partial charge is 0.324 e. The normalized spacial score (nSPS) is 18.9. The average Bonchev–Trinajstić information content (AvgIpc) is 2.41. The zero-order valence-electron chi connectivity index (χ0n) is 10.5. The van der Waals surface area contributed by atoms with Gasteiger partial charge in [-0.05, 0) is 31.5 Å². The molecule has 0 aliphatic carbocycles. The van der Waals surface area contributed by atoms with Gasteiger partial charge in [0, 0.05) is 0 Å². The van der Waals surface area contributed by atoms with Crippen LogP contribution in [-0.4, -0.2) is 35.1 Å². The molecule has 1 heterocycles. The van der Waals surface area contributed by atoms with Crippen molar-refractivity contribution in [2.45, 2.75) is 25.3 Å². The number of rotatable bonds is 4. The lowest BCUT2D eigenvalue weighted by Gasteiger charge is -2.30. The Morgan fingerprint density at radius 3 is 2.44 bits per heavy atom. The highest BCUT2D eigenvalue weighted by molar-refractivity contribution is 5.77. The number of benzene rings is 1. The van der Waals surface area contributed by atoms with E-state index in [9.17, 15) is 9.90 Å². The molecule has 1 atom stereocenters. The number of carbonyl (C=O) groups is 1. The van der Waals surface area contributed by atoms with Crippen LogP contribution in [0, 0.1) is 0 Å². The van der Waals surface area contributed by atoms with Crippen LogP contribution in [0.25, 0.3) is 6.08 Å². The first-order chi connectivity index (χ1) is 8.77. The van der Waals surface area contributed by atoms with E-state index in [1.807, 2.05) is 41.3 Å². The molecule has 0 aromatic heterocycles. The second-order valence-electron chi connectivity index (χ2n) is 4.65. The maximum atomic E-state index is 11.3. The van der Waals surface area contributed by atoms with Gasteiger partial charge < -0.3 is 5.11 Å². The lowest BCUT2D eigenvalue weighted by atomic mass is 10.1. The van der Waals surface area contributed by atoms with Crippen molar-refractivity contribution < 1.29 is 9.90 Å². The van der Waals surface area contributed by atoms with Crippen LogP contribution in [0.1, 0.15) is 24.8 Å². The van der Waals surface area contributed by atoms with Gasteiger partial charge in [0.05, 0.1) is 0 Å². The van der Waals surface area contributed by atoms with Crippen LogP contribution in [0.5, 0.6) is 0 Å². The molecule has 96 valence electrons. The summed E-state index contributed by atoms with van der Waals surface area (Å²) >= 11 is 0. The maximum Gasteiger partial charge on any atom is 0.324 e. The van der Waals surface area contributed by atoms with Gasteiger partial charge in [-0.15, -0.1) is 0 Å². The molecule has 0 spiro atoms. The van der Waals surface area contributed by atoms with Crippen molar-refractivity contribution in [3.63, 3.8) is 0 Å². The summed E-state index contributed by atoms with van der Waals surface area (Å²) in [6.07, 6.45) is 7.10. The van der Waals surface area contributed by atoms with Crippen molar-refractivity contribution in [1.29, 1.82) is 0 Å². The SMILES string of the molecule is O=C(O)C(/C=C/c1ccccc1)N1CCCCC1. The minimum Gasteiger partial charge on any atom is -0.480 e. The summed E-state index contributed by atoms with van der Waals surface area (Å²) in [7, 11) is 0. The monoisotopic (exact) mass is 245 g/mol. The molecule has 3 nitrogen and oxygen atoms in total. The number of aliphatic carboxylic acids is 1. The number of nitrogens with zero attached hydrogens (tertiary/aromatic N) is 1. The van der Waals surface area contributed by atoms with E-state index < -0.39 is 12.0 Å². The molecule has 2 rings (SSSR count). The fourth-order valence-corrected chi connectivity index (χ4v) is 2.32. The van der Waals surface area contributed by atoms with E-state index in [0.29, 0.717) is 0 Å². The van der Waals surface area contributed by atoms with Crippen LogP contribution in [-0.2, 0) is 4.79 Å². The number of hydrogen-bond donors (Lipinski definition) is 1. The van der Waals surface area contributed by atoms with Crippen LogP contribution in [0.4, 0.5) is 0 Å². The Labute approximate surface area is 108 Å². The summed E-state index contributed by atoms with van der Waals surface area (Å²) in [5.41, 5.74) is 1.04. The van der Waals surface area contributed by atoms with E-state index in [-0.39, 0.29) is 0 Å². The summed E-state index contributed by atoms with van der Waals surface area (Å²) in [5.74, 6) is -0.760. The number of piperidine rings is 1. The summed E-state index contributed by atoms with van der Waals surface area (Å²) in [6, 6.07) is 9.33. The maximum absolute atomic E-state index is 11.3. The lowest BCUT2D eigenvalue weighted by Crippen LogP contribution is -2.42. The van der Waals surface area contributed by atoms with Gasteiger partial charge in [0.15, 0.2) is 0 Å². The van der Waals surface area contributed by atoms with E-state index in [1.54, 1.807) is 6.08 Å². The molecule has 1 saturated heterocycles. The largest absolute Gasteiger partial charge is 0.480 e. The predicted molar refractivity (Wildman–Crippen MR) is 72.3 cm³/mol. The van der Waals surface area contributed by atoms with Gasteiger partial charge in [0.2, 0.25) is 0 Å². The van der Waals surface area contributed by atoms with Crippen LogP contribution < -0.4 is 0 Å². The molecule has 1 aromatic carbocycles. The predicted octanol–water partition coefficient (Wildman–Crippen LogP) is 2.64.